The first kappa shape index (κ1) is 11.3. The topological polar surface area (TPSA) is 37.3 Å². The van der Waals surface area contributed by atoms with E-state index in [0.717, 1.165) is 22.3 Å². The summed E-state index contributed by atoms with van der Waals surface area (Å²) in [6.45, 7) is 4.05. The normalized spacial score (nSPS) is 12.5. The maximum Gasteiger partial charge on any atom is 0.150 e. The minimum atomic E-state index is 0.166. The Morgan fingerprint density at radius 1 is 1.57 bits per heavy atom. The first-order valence-electron chi connectivity index (χ1n) is 4.50. The van der Waals surface area contributed by atoms with Crippen molar-refractivity contribution in [2.24, 2.45) is 0 Å². The molecule has 1 N–H and O–H groups in total. The number of aliphatic hydroxyl groups excluding tert-OH is 1. The lowest BCUT2D eigenvalue weighted by atomic mass is 10.1. The second-order valence-corrected chi connectivity index (χ2v) is 4.76. The molecule has 1 atom stereocenters. The molecule has 0 saturated heterocycles. The summed E-state index contributed by atoms with van der Waals surface area (Å²) in [6.07, 6.45) is 0.860. The van der Waals surface area contributed by atoms with Crippen molar-refractivity contribution in [1.29, 1.82) is 0 Å². The zero-order valence-electron chi connectivity index (χ0n) is 8.36. The van der Waals surface area contributed by atoms with E-state index in [9.17, 15) is 4.79 Å². The molecule has 1 aromatic carbocycles. The monoisotopic (exact) mass is 210 g/mol. The molecule has 0 aliphatic heterocycles. The Bertz CT molecular complexity index is 323. The molecule has 3 heteroatoms. The molecule has 0 fully saturated rings. The van der Waals surface area contributed by atoms with Crippen LogP contribution in [0.4, 0.5) is 0 Å². The van der Waals surface area contributed by atoms with Gasteiger partial charge in [-0.15, -0.1) is 11.8 Å². The molecule has 0 aromatic heterocycles. The molecule has 1 aromatic rings. The third kappa shape index (κ3) is 2.86. The highest BCUT2D eigenvalue weighted by molar-refractivity contribution is 8.00. The zero-order valence-corrected chi connectivity index (χ0v) is 9.17. The highest BCUT2D eigenvalue weighted by atomic mass is 32.2. The van der Waals surface area contributed by atoms with Crippen molar-refractivity contribution >= 4 is 18.0 Å². The van der Waals surface area contributed by atoms with Gasteiger partial charge in [-0.2, -0.15) is 0 Å². The number of thioether (sulfide) groups is 1. The molecule has 0 aliphatic carbocycles. The third-order valence-electron chi connectivity index (χ3n) is 1.96. The van der Waals surface area contributed by atoms with Gasteiger partial charge in [0.15, 0.2) is 0 Å². The van der Waals surface area contributed by atoms with Gasteiger partial charge in [0.1, 0.15) is 6.29 Å². The van der Waals surface area contributed by atoms with E-state index in [-0.39, 0.29) is 11.9 Å². The van der Waals surface area contributed by atoms with Crippen LogP contribution in [0.1, 0.15) is 22.8 Å². The average Bonchev–Trinajstić information content (AvgIpc) is 2.18. The van der Waals surface area contributed by atoms with Crippen molar-refractivity contribution in [1.82, 2.24) is 0 Å². The second-order valence-electron chi connectivity index (χ2n) is 3.25. The van der Waals surface area contributed by atoms with Crippen molar-refractivity contribution in [3.05, 3.63) is 29.3 Å². The van der Waals surface area contributed by atoms with E-state index in [1.165, 1.54) is 0 Å². The molecule has 1 unspecified atom stereocenters. The number of carbonyl (C=O) groups is 1. The molecule has 0 heterocycles. The van der Waals surface area contributed by atoms with Crippen LogP contribution in [0.3, 0.4) is 0 Å². The first-order valence-corrected chi connectivity index (χ1v) is 5.38. The number of benzene rings is 1. The van der Waals surface area contributed by atoms with Gasteiger partial charge in [0, 0.05) is 15.7 Å². The molecule has 0 radical (unpaired) electrons. The van der Waals surface area contributed by atoms with Crippen molar-refractivity contribution < 1.29 is 9.90 Å². The number of hydrogen-bond donors (Lipinski definition) is 1. The minimum Gasteiger partial charge on any atom is -0.395 e. The number of aldehydes is 1. The highest BCUT2D eigenvalue weighted by Crippen LogP contribution is 2.24. The Kier molecular flexibility index (Phi) is 4.17. The van der Waals surface area contributed by atoms with E-state index in [1.807, 2.05) is 32.0 Å². The smallest absolute Gasteiger partial charge is 0.150 e. The fourth-order valence-corrected chi connectivity index (χ4v) is 2.05. The van der Waals surface area contributed by atoms with Crippen molar-refractivity contribution in [3.63, 3.8) is 0 Å². The summed E-state index contributed by atoms with van der Waals surface area (Å²) < 4.78 is 0. The van der Waals surface area contributed by atoms with Crippen LogP contribution in [-0.4, -0.2) is 23.2 Å². The van der Waals surface area contributed by atoms with Gasteiger partial charge in [0.2, 0.25) is 0 Å². The quantitative estimate of drug-likeness (QED) is 0.612. The highest BCUT2D eigenvalue weighted by Gasteiger charge is 2.04. The molecule has 0 aliphatic rings. The number of aryl methyl sites for hydroxylation is 1. The van der Waals surface area contributed by atoms with Crippen LogP contribution in [0.15, 0.2) is 23.1 Å². The largest absolute Gasteiger partial charge is 0.395 e. The lowest BCUT2D eigenvalue weighted by Gasteiger charge is -2.08. The number of carbonyl (C=O) groups excluding carboxylic acids is 1. The number of rotatable bonds is 4. The summed E-state index contributed by atoms with van der Waals surface area (Å²) in [5.41, 5.74) is 1.71. The van der Waals surface area contributed by atoms with Crippen LogP contribution in [-0.2, 0) is 0 Å². The fourth-order valence-electron chi connectivity index (χ4n) is 1.12. The molecule has 0 amide bonds. The summed E-state index contributed by atoms with van der Waals surface area (Å²) in [5.74, 6) is 0. The van der Waals surface area contributed by atoms with E-state index in [0.29, 0.717) is 0 Å². The molecule has 0 saturated carbocycles. The average molecular weight is 210 g/mol. The van der Waals surface area contributed by atoms with E-state index < -0.39 is 0 Å². The van der Waals surface area contributed by atoms with Gasteiger partial charge in [0.25, 0.3) is 0 Å². The van der Waals surface area contributed by atoms with Crippen LogP contribution in [0.2, 0.25) is 0 Å². The summed E-state index contributed by atoms with van der Waals surface area (Å²) in [5, 5.41) is 9.08. The van der Waals surface area contributed by atoms with E-state index in [2.05, 4.69) is 0 Å². The predicted molar refractivity (Wildman–Crippen MR) is 59.0 cm³/mol. The SMILES string of the molecule is Cc1cc(SC(C)CO)ccc1C=O. The Balaban J connectivity index is 2.81. The van der Waals surface area contributed by atoms with Gasteiger partial charge >= 0.3 is 0 Å². The van der Waals surface area contributed by atoms with Gasteiger partial charge < -0.3 is 5.11 Å². The maximum atomic E-state index is 10.6. The van der Waals surface area contributed by atoms with Gasteiger partial charge in [-0.25, -0.2) is 0 Å². The van der Waals surface area contributed by atoms with Gasteiger partial charge in [0.05, 0.1) is 6.61 Å². The fraction of sp³-hybridized carbons (Fsp3) is 0.364. The van der Waals surface area contributed by atoms with Crippen LogP contribution in [0, 0.1) is 6.92 Å². The van der Waals surface area contributed by atoms with E-state index in [4.69, 9.17) is 5.11 Å². The minimum absolute atomic E-state index is 0.166. The molecule has 2 nitrogen and oxygen atoms in total. The lowest BCUT2D eigenvalue weighted by molar-refractivity contribution is 0.112. The number of hydrogen-bond acceptors (Lipinski definition) is 3. The van der Waals surface area contributed by atoms with Crippen molar-refractivity contribution in [2.75, 3.05) is 6.61 Å². The summed E-state index contributed by atoms with van der Waals surface area (Å²) in [7, 11) is 0. The Morgan fingerprint density at radius 3 is 2.79 bits per heavy atom. The van der Waals surface area contributed by atoms with E-state index in [1.54, 1.807) is 11.8 Å². The predicted octanol–water partition coefficient (Wildman–Crippen LogP) is 2.28. The van der Waals surface area contributed by atoms with Gasteiger partial charge in [-0.1, -0.05) is 13.0 Å². The molecule has 14 heavy (non-hydrogen) atoms. The molecule has 0 spiro atoms. The molecular formula is C11H14O2S. The van der Waals surface area contributed by atoms with Crippen LogP contribution >= 0.6 is 11.8 Å². The van der Waals surface area contributed by atoms with Crippen LogP contribution in [0.25, 0.3) is 0 Å². The maximum absolute atomic E-state index is 10.6. The molecule has 76 valence electrons. The van der Waals surface area contributed by atoms with E-state index >= 15 is 0 Å². The Morgan fingerprint density at radius 2 is 2.29 bits per heavy atom. The molecular weight excluding hydrogens is 196 g/mol. The first-order chi connectivity index (χ1) is 6.67. The van der Waals surface area contributed by atoms with Crippen molar-refractivity contribution in [2.45, 2.75) is 24.0 Å². The van der Waals surface area contributed by atoms with Crippen LogP contribution < -0.4 is 0 Å². The molecule has 0 bridgehead atoms. The summed E-state index contributed by atoms with van der Waals surface area (Å²) >= 11 is 1.61. The third-order valence-corrected chi connectivity index (χ3v) is 3.04. The van der Waals surface area contributed by atoms with Crippen molar-refractivity contribution in [3.8, 4) is 0 Å². The summed E-state index contributed by atoms with van der Waals surface area (Å²) in [4.78, 5) is 11.7. The zero-order chi connectivity index (χ0) is 10.6. The summed E-state index contributed by atoms with van der Waals surface area (Å²) in [6, 6.07) is 5.70. The standard InChI is InChI=1S/C11H14O2S/c1-8-5-11(14-9(2)6-12)4-3-10(8)7-13/h3-5,7,9,12H,6H2,1-2H3. The van der Waals surface area contributed by atoms with Crippen LogP contribution in [0.5, 0.6) is 0 Å². The number of aliphatic hydroxyl groups is 1. The van der Waals surface area contributed by atoms with Gasteiger partial charge in [-0.05, 0) is 24.6 Å². The van der Waals surface area contributed by atoms with Gasteiger partial charge in [-0.3, -0.25) is 4.79 Å². The Hall–Kier alpha value is -0.800. The lowest BCUT2D eigenvalue weighted by Crippen LogP contribution is -2.01. The Labute approximate surface area is 88.3 Å². The second kappa shape index (κ2) is 5.17. The molecule has 1 rings (SSSR count).